The summed E-state index contributed by atoms with van der Waals surface area (Å²) in [6.07, 6.45) is 1.54. The molecule has 1 unspecified atom stereocenters. The van der Waals surface area contributed by atoms with Crippen molar-refractivity contribution in [3.05, 3.63) is 78.4 Å². The Hall–Kier alpha value is -3.67. The van der Waals surface area contributed by atoms with E-state index in [0.717, 1.165) is 5.56 Å². The van der Waals surface area contributed by atoms with E-state index in [0.29, 0.717) is 16.7 Å². The molecule has 2 heterocycles. The number of aliphatic hydroxyl groups is 1. The molecule has 0 bridgehead atoms. The fourth-order valence-corrected chi connectivity index (χ4v) is 4.04. The van der Waals surface area contributed by atoms with Crippen LogP contribution in [-0.2, 0) is 20.8 Å². The molecule has 0 aliphatic rings. The first-order chi connectivity index (χ1) is 15.8. The lowest BCUT2D eigenvalue weighted by Crippen LogP contribution is -2.24. The van der Waals surface area contributed by atoms with E-state index in [2.05, 4.69) is 20.3 Å². The Bertz CT molecular complexity index is 1370. The number of hydrogen-bond donors (Lipinski definition) is 2. The number of benzene rings is 2. The van der Waals surface area contributed by atoms with Crippen LogP contribution in [0.3, 0.4) is 0 Å². The smallest absolute Gasteiger partial charge is 0.297 e. The third-order valence-corrected chi connectivity index (χ3v) is 6.10. The van der Waals surface area contributed by atoms with Crippen molar-refractivity contribution in [2.45, 2.75) is 24.5 Å². The lowest BCUT2D eigenvalue weighted by Gasteiger charge is -2.12. The third-order valence-electron chi connectivity index (χ3n) is 4.80. The largest absolute Gasteiger partial charge is 0.389 e. The SMILES string of the molecule is Cc1ccc(S(=O)(=O)OCC(O)Cn2cnc3c(NC(=O)c4ccccc4)ncnc32)cc1. The van der Waals surface area contributed by atoms with Crippen molar-refractivity contribution < 1.29 is 22.5 Å². The second kappa shape index (κ2) is 9.45. The molecule has 0 saturated heterocycles. The van der Waals surface area contributed by atoms with Gasteiger partial charge in [-0.3, -0.25) is 8.98 Å². The first kappa shape index (κ1) is 22.5. The van der Waals surface area contributed by atoms with Gasteiger partial charge in [-0.2, -0.15) is 8.42 Å². The predicted molar refractivity (Wildman–Crippen MR) is 120 cm³/mol. The zero-order chi connectivity index (χ0) is 23.4. The molecule has 2 aromatic carbocycles. The number of aromatic nitrogens is 4. The summed E-state index contributed by atoms with van der Waals surface area (Å²) in [7, 11) is -4.00. The molecule has 1 amide bonds. The van der Waals surface area contributed by atoms with Gasteiger partial charge < -0.3 is 15.0 Å². The van der Waals surface area contributed by atoms with Crippen molar-refractivity contribution in [1.82, 2.24) is 19.5 Å². The lowest BCUT2D eigenvalue weighted by molar-refractivity contribution is 0.0961. The van der Waals surface area contributed by atoms with Gasteiger partial charge in [0, 0.05) is 5.56 Å². The van der Waals surface area contributed by atoms with Crippen LogP contribution in [-0.4, -0.2) is 51.7 Å². The fraction of sp³-hybridized carbons (Fsp3) is 0.182. The molecule has 4 aromatic rings. The topological polar surface area (TPSA) is 136 Å². The van der Waals surface area contributed by atoms with Crippen LogP contribution in [0, 0.1) is 6.92 Å². The van der Waals surface area contributed by atoms with E-state index in [1.807, 2.05) is 13.0 Å². The van der Waals surface area contributed by atoms with Gasteiger partial charge in [-0.25, -0.2) is 15.0 Å². The van der Waals surface area contributed by atoms with Crippen molar-refractivity contribution in [1.29, 1.82) is 0 Å². The normalized spacial score (nSPS) is 12.5. The van der Waals surface area contributed by atoms with Crippen LogP contribution in [0.15, 0.2) is 72.1 Å². The summed E-state index contributed by atoms with van der Waals surface area (Å²) in [6, 6.07) is 14.9. The third kappa shape index (κ3) is 5.22. The van der Waals surface area contributed by atoms with Crippen LogP contribution in [0.2, 0.25) is 0 Å². The van der Waals surface area contributed by atoms with Gasteiger partial charge in [-0.05, 0) is 31.2 Å². The molecule has 10 nitrogen and oxygen atoms in total. The van der Waals surface area contributed by atoms with E-state index in [1.54, 1.807) is 36.4 Å². The average Bonchev–Trinajstić information content (AvgIpc) is 3.22. The highest BCUT2D eigenvalue weighted by Gasteiger charge is 2.19. The highest BCUT2D eigenvalue weighted by Crippen LogP contribution is 2.19. The maximum Gasteiger partial charge on any atom is 0.297 e. The minimum absolute atomic E-state index is 0.0138. The first-order valence-corrected chi connectivity index (χ1v) is 11.4. The lowest BCUT2D eigenvalue weighted by atomic mass is 10.2. The Labute approximate surface area is 190 Å². The standard InChI is InChI=1S/C22H21N5O5S/c1-15-7-9-18(10-8-15)33(30,31)32-12-17(28)11-27-14-25-19-20(23-13-24-21(19)27)26-22(29)16-5-3-2-4-6-16/h2-10,13-14,17,28H,11-12H2,1H3,(H,23,24,26,29). The number of rotatable bonds is 8. The molecule has 2 aromatic heterocycles. The molecular formula is C22H21N5O5S. The minimum atomic E-state index is -4.00. The van der Waals surface area contributed by atoms with Gasteiger partial charge in [-0.15, -0.1) is 0 Å². The van der Waals surface area contributed by atoms with Gasteiger partial charge in [0.2, 0.25) is 0 Å². The maximum atomic E-state index is 12.4. The highest BCUT2D eigenvalue weighted by atomic mass is 32.2. The molecule has 0 fully saturated rings. The Morgan fingerprint density at radius 2 is 1.82 bits per heavy atom. The number of hydrogen-bond acceptors (Lipinski definition) is 8. The fourth-order valence-electron chi connectivity index (χ4n) is 3.10. The number of nitrogens with zero attached hydrogens (tertiary/aromatic N) is 4. The zero-order valence-electron chi connectivity index (χ0n) is 17.6. The molecule has 0 aliphatic heterocycles. The van der Waals surface area contributed by atoms with Crippen LogP contribution in [0.1, 0.15) is 15.9 Å². The Morgan fingerprint density at radius 3 is 2.55 bits per heavy atom. The van der Waals surface area contributed by atoms with Gasteiger partial charge in [0.15, 0.2) is 17.0 Å². The number of amides is 1. The van der Waals surface area contributed by atoms with Gasteiger partial charge >= 0.3 is 0 Å². The van der Waals surface area contributed by atoms with E-state index in [9.17, 15) is 18.3 Å². The van der Waals surface area contributed by atoms with Crippen LogP contribution in [0.5, 0.6) is 0 Å². The van der Waals surface area contributed by atoms with E-state index in [-0.39, 0.29) is 23.2 Å². The number of fused-ring (bicyclic) bond motifs is 1. The molecule has 2 N–H and O–H groups in total. The van der Waals surface area contributed by atoms with E-state index < -0.39 is 22.8 Å². The van der Waals surface area contributed by atoms with Crippen molar-refractivity contribution in [3.63, 3.8) is 0 Å². The van der Waals surface area contributed by atoms with Gasteiger partial charge in [0.05, 0.1) is 30.5 Å². The highest BCUT2D eigenvalue weighted by molar-refractivity contribution is 7.86. The van der Waals surface area contributed by atoms with Gasteiger partial charge in [0.25, 0.3) is 16.0 Å². The number of anilines is 1. The summed E-state index contributed by atoms with van der Waals surface area (Å²) in [5.74, 6) is -0.125. The number of aliphatic hydroxyl groups excluding tert-OH is 1. The van der Waals surface area contributed by atoms with Crippen LogP contribution >= 0.6 is 0 Å². The number of carbonyl (C=O) groups excluding carboxylic acids is 1. The molecule has 0 aliphatic carbocycles. The second-order valence-electron chi connectivity index (χ2n) is 7.32. The second-order valence-corrected chi connectivity index (χ2v) is 8.93. The summed E-state index contributed by atoms with van der Waals surface area (Å²) >= 11 is 0. The summed E-state index contributed by atoms with van der Waals surface area (Å²) in [4.78, 5) is 24.9. The molecule has 0 saturated carbocycles. The average molecular weight is 468 g/mol. The summed E-state index contributed by atoms with van der Waals surface area (Å²) in [5.41, 5.74) is 2.09. The quantitative estimate of drug-likeness (QED) is 0.376. The van der Waals surface area contributed by atoms with E-state index in [1.165, 1.54) is 29.4 Å². The summed E-state index contributed by atoms with van der Waals surface area (Å²) in [5, 5.41) is 13.0. The van der Waals surface area contributed by atoms with Gasteiger partial charge in [0.1, 0.15) is 6.33 Å². The maximum absolute atomic E-state index is 12.4. The minimum Gasteiger partial charge on any atom is -0.389 e. The van der Waals surface area contributed by atoms with Crippen LogP contribution in [0.25, 0.3) is 11.2 Å². The molecular weight excluding hydrogens is 446 g/mol. The number of aryl methyl sites for hydroxylation is 1. The Morgan fingerprint density at radius 1 is 1.09 bits per heavy atom. The molecule has 1 atom stereocenters. The molecule has 0 radical (unpaired) electrons. The molecule has 0 spiro atoms. The van der Waals surface area contributed by atoms with E-state index in [4.69, 9.17) is 4.18 Å². The Balaban J connectivity index is 1.44. The van der Waals surface area contributed by atoms with Crippen LogP contribution in [0.4, 0.5) is 5.82 Å². The molecule has 33 heavy (non-hydrogen) atoms. The molecule has 4 rings (SSSR count). The summed E-state index contributed by atoms with van der Waals surface area (Å²) in [6.45, 7) is 1.38. The van der Waals surface area contributed by atoms with Crippen molar-refractivity contribution in [3.8, 4) is 0 Å². The number of nitrogens with one attached hydrogen (secondary N) is 1. The van der Waals surface area contributed by atoms with Crippen molar-refractivity contribution in [2.75, 3.05) is 11.9 Å². The monoisotopic (exact) mass is 467 g/mol. The first-order valence-electron chi connectivity index (χ1n) is 10.00. The van der Waals surface area contributed by atoms with Crippen molar-refractivity contribution >= 4 is 33.0 Å². The Kier molecular flexibility index (Phi) is 6.45. The van der Waals surface area contributed by atoms with Crippen LogP contribution < -0.4 is 5.32 Å². The molecule has 11 heteroatoms. The molecule has 170 valence electrons. The predicted octanol–water partition coefficient (Wildman–Crippen LogP) is 2.15. The van der Waals surface area contributed by atoms with E-state index >= 15 is 0 Å². The zero-order valence-corrected chi connectivity index (χ0v) is 18.4. The number of imidazole rings is 1. The number of carbonyl (C=O) groups is 1. The van der Waals surface area contributed by atoms with Gasteiger partial charge in [-0.1, -0.05) is 35.9 Å². The summed E-state index contributed by atoms with van der Waals surface area (Å²) < 4.78 is 31.2. The van der Waals surface area contributed by atoms with Crippen molar-refractivity contribution in [2.24, 2.45) is 0 Å².